The molecule has 5 heteroatoms. The molecule has 1 aromatic heterocycles. The highest BCUT2D eigenvalue weighted by molar-refractivity contribution is 5.85. The molecule has 2 heterocycles. The van der Waals surface area contributed by atoms with Gasteiger partial charge in [-0.1, -0.05) is 47.7 Å². The van der Waals surface area contributed by atoms with Crippen LogP contribution in [0.15, 0.2) is 48.7 Å². The topological polar surface area (TPSA) is 66.0 Å². The van der Waals surface area contributed by atoms with E-state index in [1.54, 1.807) is 0 Å². The number of nitrogens with zero attached hydrogens (tertiary/aromatic N) is 3. The van der Waals surface area contributed by atoms with Crippen LogP contribution in [0.25, 0.3) is 10.8 Å². The third-order valence-electron chi connectivity index (χ3n) is 5.38. The van der Waals surface area contributed by atoms with E-state index in [0.717, 1.165) is 51.1 Å². The van der Waals surface area contributed by atoms with Crippen LogP contribution in [-0.2, 0) is 17.7 Å². The number of aromatic nitrogens is 3. The van der Waals surface area contributed by atoms with E-state index in [4.69, 9.17) is 10.5 Å². The molecule has 4 rings (SSSR count). The van der Waals surface area contributed by atoms with Gasteiger partial charge in [-0.25, -0.2) is 0 Å². The second-order valence-electron chi connectivity index (χ2n) is 7.12. The van der Waals surface area contributed by atoms with Crippen LogP contribution in [0.4, 0.5) is 0 Å². The fraction of sp³-hybridized carbons (Fsp3) is 0.429. The Morgan fingerprint density at radius 3 is 2.81 bits per heavy atom. The molecule has 1 fully saturated rings. The van der Waals surface area contributed by atoms with E-state index < -0.39 is 0 Å². The Kier molecular flexibility index (Phi) is 5.27. The lowest BCUT2D eigenvalue weighted by molar-refractivity contribution is 0.0579. The van der Waals surface area contributed by atoms with Crippen molar-refractivity contribution in [2.24, 2.45) is 11.7 Å². The Bertz CT molecular complexity index is 849. The van der Waals surface area contributed by atoms with Crippen LogP contribution in [0.3, 0.4) is 0 Å². The Hall–Kier alpha value is -2.24. The smallest absolute Gasteiger partial charge is 0.0996 e. The van der Waals surface area contributed by atoms with Gasteiger partial charge in [0.25, 0.3) is 0 Å². The van der Waals surface area contributed by atoms with E-state index >= 15 is 0 Å². The highest BCUT2D eigenvalue weighted by Crippen LogP contribution is 2.26. The van der Waals surface area contributed by atoms with Gasteiger partial charge in [0.05, 0.1) is 17.9 Å². The van der Waals surface area contributed by atoms with Crippen LogP contribution in [0.1, 0.15) is 36.6 Å². The van der Waals surface area contributed by atoms with Crippen LogP contribution in [-0.4, -0.2) is 28.2 Å². The average Bonchev–Trinajstić information content (AvgIpc) is 3.17. The zero-order valence-electron chi connectivity index (χ0n) is 15.1. The molecular weight excluding hydrogens is 324 g/mol. The number of rotatable bonds is 6. The lowest BCUT2D eigenvalue weighted by Crippen LogP contribution is -2.27. The number of nitrogens with two attached hydrogens (primary N) is 1. The normalized spacial score (nSPS) is 16.8. The summed E-state index contributed by atoms with van der Waals surface area (Å²) in [6, 6.07) is 15.0. The van der Waals surface area contributed by atoms with Gasteiger partial charge in [0, 0.05) is 19.8 Å². The van der Waals surface area contributed by atoms with Crippen molar-refractivity contribution in [1.82, 2.24) is 15.0 Å². The fourth-order valence-electron chi connectivity index (χ4n) is 3.83. The van der Waals surface area contributed by atoms with Gasteiger partial charge >= 0.3 is 0 Å². The molecule has 1 atom stereocenters. The first-order valence-electron chi connectivity index (χ1n) is 9.51. The molecule has 2 N–H and O–H groups in total. The van der Waals surface area contributed by atoms with Gasteiger partial charge in [-0.2, -0.15) is 0 Å². The van der Waals surface area contributed by atoms with Crippen LogP contribution in [0.5, 0.6) is 0 Å². The van der Waals surface area contributed by atoms with Crippen molar-refractivity contribution in [2.45, 2.75) is 38.3 Å². The summed E-state index contributed by atoms with van der Waals surface area (Å²) in [5.74, 6) is 0.449. The Labute approximate surface area is 154 Å². The number of aryl methyl sites for hydroxylation is 2. The van der Waals surface area contributed by atoms with Crippen molar-refractivity contribution in [2.75, 3.05) is 13.2 Å². The predicted octanol–water partition coefficient (Wildman–Crippen LogP) is 3.49. The lowest BCUT2D eigenvalue weighted by atomic mass is 9.91. The standard InChI is InChI=1S/C21H26N4O/c22-21(18-10-13-26-14-11-18)20-15-25(24-23-20)12-4-8-17-7-3-6-16-5-1-2-9-19(16)17/h1-3,5-7,9,15,18,21H,4,8,10-14,22H2. The molecule has 0 spiro atoms. The summed E-state index contributed by atoms with van der Waals surface area (Å²) in [6.07, 6.45) is 6.10. The molecule has 0 aliphatic carbocycles. The van der Waals surface area contributed by atoms with E-state index in [2.05, 4.69) is 52.8 Å². The molecule has 2 aromatic carbocycles. The second-order valence-corrected chi connectivity index (χ2v) is 7.12. The van der Waals surface area contributed by atoms with Gasteiger partial charge in [-0.3, -0.25) is 4.68 Å². The number of hydrogen-bond acceptors (Lipinski definition) is 4. The molecule has 0 saturated carbocycles. The Morgan fingerprint density at radius 1 is 1.12 bits per heavy atom. The first kappa shape index (κ1) is 17.2. The van der Waals surface area contributed by atoms with E-state index in [0.29, 0.717) is 5.92 Å². The molecule has 0 radical (unpaired) electrons. The minimum absolute atomic E-state index is 0.0364. The third-order valence-corrected chi connectivity index (χ3v) is 5.38. The molecule has 0 bridgehead atoms. The van der Waals surface area contributed by atoms with Gasteiger partial charge in [0.2, 0.25) is 0 Å². The van der Waals surface area contributed by atoms with E-state index in [9.17, 15) is 0 Å². The summed E-state index contributed by atoms with van der Waals surface area (Å²) in [5, 5.41) is 11.2. The zero-order chi connectivity index (χ0) is 17.8. The molecule has 0 amide bonds. The monoisotopic (exact) mass is 350 g/mol. The highest BCUT2D eigenvalue weighted by Gasteiger charge is 2.24. The highest BCUT2D eigenvalue weighted by atomic mass is 16.5. The molecule has 1 aliphatic rings. The number of ether oxygens (including phenoxy) is 1. The van der Waals surface area contributed by atoms with Crippen LogP contribution in [0, 0.1) is 5.92 Å². The van der Waals surface area contributed by atoms with Crippen LogP contribution >= 0.6 is 0 Å². The van der Waals surface area contributed by atoms with Gasteiger partial charge in [-0.15, -0.1) is 5.10 Å². The Balaban J connectivity index is 1.36. The Morgan fingerprint density at radius 2 is 1.92 bits per heavy atom. The van der Waals surface area contributed by atoms with Gasteiger partial charge in [0.1, 0.15) is 0 Å². The van der Waals surface area contributed by atoms with Gasteiger partial charge in [0.15, 0.2) is 0 Å². The van der Waals surface area contributed by atoms with Crippen LogP contribution < -0.4 is 5.73 Å². The lowest BCUT2D eigenvalue weighted by Gasteiger charge is -2.26. The first-order chi connectivity index (χ1) is 12.8. The zero-order valence-corrected chi connectivity index (χ0v) is 15.1. The van der Waals surface area contributed by atoms with E-state index in [1.165, 1.54) is 16.3 Å². The maximum atomic E-state index is 6.39. The van der Waals surface area contributed by atoms with Crippen LogP contribution in [0.2, 0.25) is 0 Å². The summed E-state index contributed by atoms with van der Waals surface area (Å²) in [4.78, 5) is 0. The van der Waals surface area contributed by atoms with E-state index in [1.807, 2.05) is 10.9 Å². The molecule has 26 heavy (non-hydrogen) atoms. The van der Waals surface area contributed by atoms with Crippen molar-refractivity contribution >= 4 is 10.8 Å². The fourth-order valence-corrected chi connectivity index (χ4v) is 3.83. The van der Waals surface area contributed by atoms with Crippen molar-refractivity contribution < 1.29 is 4.74 Å². The molecule has 1 unspecified atom stereocenters. The quantitative estimate of drug-likeness (QED) is 0.739. The van der Waals surface area contributed by atoms with Crippen molar-refractivity contribution in [3.63, 3.8) is 0 Å². The summed E-state index contributed by atoms with van der Waals surface area (Å²) >= 11 is 0. The minimum atomic E-state index is -0.0364. The van der Waals surface area contributed by atoms with E-state index in [-0.39, 0.29) is 6.04 Å². The number of fused-ring (bicyclic) bond motifs is 1. The largest absolute Gasteiger partial charge is 0.381 e. The first-order valence-corrected chi connectivity index (χ1v) is 9.51. The third kappa shape index (κ3) is 3.79. The maximum Gasteiger partial charge on any atom is 0.0996 e. The second kappa shape index (κ2) is 7.98. The minimum Gasteiger partial charge on any atom is -0.381 e. The molecule has 1 aliphatic heterocycles. The van der Waals surface area contributed by atoms with Crippen molar-refractivity contribution in [3.8, 4) is 0 Å². The predicted molar refractivity (Wildman–Crippen MR) is 103 cm³/mol. The molecule has 5 nitrogen and oxygen atoms in total. The van der Waals surface area contributed by atoms with Gasteiger partial charge in [-0.05, 0) is 47.9 Å². The average molecular weight is 350 g/mol. The van der Waals surface area contributed by atoms with Crippen molar-refractivity contribution in [1.29, 1.82) is 0 Å². The number of hydrogen-bond donors (Lipinski definition) is 1. The van der Waals surface area contributed by atoms with Gasteiger partial charge < -0.3 is 10.5 Å². The summed E-state index contributed by atoms with van der Waals surface area (Å²) in [6.45, 7) is 2.46. The molecule has 136 valence electrons. The number of benzene rings is 2. The SMILES string of the molecule is NC(c1cn(CCCc2cccc3ccccc23)nn1)C1CCOCC1. The maximum absolute atomic E-state index is 6.39. The molecular formula is C21H26N4O. The van der Waals surface area contributed by atoms with Crippen molar-refractivity contribution in [3.05, 3.63) is 59.9 Å². The molecule has 3 aromatic rings. The summed E-state index contributed by atoms with van der Waals surface area (Å²) < 4.78 is 7.35. The summed E-state index contributed by atoms with van der Waals surface area (Å²) in [7, 11) is 0. The molecule has 1 saturated heterocycles. The summed E-state index contributed by atoms with van der Waals surface area (Å²) in [5.41, 5.74) is 8.69.